The Labute approximate surface area is 157 Å². The lowest BCUT2D eigenvalue weighted by molar-refractivity contribution is -0.116. The predicted octanol–water partition coefficient (Wildman–Crippen LogP) is 3.71. The van der Waals surface area contributed by atoms with Gasteiger partial charge >= 0.3 is 0 Å². The van der Waals surface area contributed by atoms with Crippen LogP contribution in [0.2, 0.25) is 5.02 Å². The van der Waals surface area contributed by atoms with Gasteiger partial charge in [-0.2, -0.15) is 4.31 Å². The third-order valence-electron chi connectivity index (χ3n) is 3.48. The Morgan fingerprint density at radius 1 is 1.20 bits per heavy atom. The van der Waals surface area contributed by atoms with Crippen LogP contribution >= 0.6 is 23.4 Å². The highest BCUT2D eigenvalue weighted by atomic mass is 35.5. The standard InChI is InChI=1S/C17H19ClN2O3S2/c1-3-20(25(22,23)16-9-7-13(18)8-10-16)12-17(21)19-14-5-4-6-15(11-14)24-2/h4-11H,3,12H2,1-2H3,(H,19,21). The number of likely N-dealkylation sites (N-methyl/N-ethyl adjacent to an activating group) is 1. The lowest BCUT2D eigenvalue weighted by Gasteiger charge is -2.20. The van der Waals surface area contributed by atoms with Crippen LogP contribution in [-0.4, -0.2) is 38.0 Å². The molecule has 2 aromatic carbocycles. The molecule has 25 heavy (non-hydrogen) atoms. The summed E-state index contributed by atoms with van der Waals surface area (Å²) >= 11 is 7.36. The van der Waals surface area contributed by atoms with Gasteiger partial charge in [0.15, 0.2) is 0 Å². The van der Waals surface area contributed by atoms with E-state index in [1.54, 1.807) is 24.8 Å². The van der Waals surface area contributed by atoms with Crippen molar-refractivity contribution >= 4 is 45.0 Å². The second-order valence-corrected chi connectivity index (χ2v) is 8.42. The Morgan fingerprint density at radius 2 is 1.88 bits per heavy atom. The molecule has 0 aliphatic carbocycles. The molecule has 2 rings (SSSR count). The molecule has 0 aromatic heterocycles. The normalized spacial score (nSPS) is 11.5. The van der Waals surface area contributed by atoms with E-state index < -0.39 is 15.9 Å². The second kappa shape index (κ2) is 8.71. The van der Waals surface area contributed by atoms with Gasteiger partial charge in [-0.3, -0.25) is 4.79 Å². The molecular weight excluding hydrogens is 380 g/mol. The Balaban J connectivity index is 2.12. The Morgan fingerprint density at radius 3 is 2.48 bits per heavy atom. The fourth-order valence-electron chi connectivity index (χ4n) is 2.18. The van der Waals surface area contributed by atoms with Gasteiger partial charge in [-0.05, 0) is 48.7 Å². The summed E-state index contributed by atoms with van der Waals surface area (Å²) in [7, 11) is -3.76. The van der Waals surface area contributed by atoms with Gasteiger partial charge in [0.05, 0.1) is 11.4 Å². The van der Waals surface area contributed by atoms with Gasteiger partial charge in [0.25, 0.3) is 0 Å². The van der Waals surface area contributed by atoms with Gasteiger partial charge in [0, 0.05) is 22.2 Å². The van der Waals surface area contributed by atoms with Gasteiger partial charge in [-0.15, -0.1) is 11.8 Å². The molecule has 0 saturated carbocycles. The number of halogens is 1. The summed E-state index contributed by atoms with van der Waals surface area (Å²) in [5.41, 5.74) is 0.636. The van der Waals surface area contributed by atoms with Crippen molar-refractivity contribution in [1.82, 2.24) is 4.31 Å². The van der Waals surface area contributed by atoms with Crippen LogP contribution in [0.5, 0.6) is 0 Å². The molecule has 0 spiro atoms. The number of carbonyl (C=O) groups is 1. The van der Waals surface area contributed by atoms with Crippen molar-refractivity contribution in [3.63, 3.8) is 0 Å². The van der Waals surface area contributed by atoms with Crippen LogP contribution < -0.4 is 5.32 Å². The zero-order chi connectivity index (χ0) is 18.4. The first-order chi connectivity index (χ1) is 11.9. The van der Waals surface area contributed by atoms with Gasteiger partial charge in [-0.25, -0.2) is 8.42 Å². The topological polar surface area (TPSA) is 66.5 Å². The molecule has 0 saturated heterocycles. The molecule has 0 atom stereocenters. The fourth-order valence-corrected chi connectivity index (χ4v) is 4.17. The van der Waals surface area contributed by atoms with Crippen molar-refractivity contribution < 1.29 is 13.2 Å². The third kappa shape index (κ3) is 5.22. The molecular formula is C17H19ClN2O3S2. The SMILES string of the molecule is CCN(CC(=O)Nc1cccc(SC)c1)S(=O)(=O)c1ccc(Cl)cc1. The van der Waals surface area contributed by atoms with Crippen LogP contribution in [0.3, 0.4) is 0 Å². The minimum atomic E-state index is -3.76. The number of carbonyl (C=O) groups excluding carboxylic acids is 1. The maximum Gasteiger partial charge on any atom is 0.243 e. The van der Waals surface area contributed by atoms with Gasteiger partial charge in [-0.1, -0.05) is 24.6 Å². The van der Waals surface area contributed by atoms with E-state index in [9.17, 15) is 13.2 Å². The Bertz CT molecular complexity index is 839. The third-order valence-corrected chi connectivity index (χ3v) is 6.39. The first-order valence-electron chi connectivity index (χ1n) is 7.56. The molecule has 0 aliphatic heterocycles. The number of anilines is 1. The van der Waals surface area contributed by atoms with Crippen LogP contribution in [0.4, 0.5) is 5.69 Å². The number of benzene rings is 2. The number of nitrogens with zero attached hydrogens (tertiary/aromatic N) is 1. The Hall–Kier alpha value is -1.54. The maximum absolute atomic E-state index is 12.7. The zero-order valence-corrected chi connectivity index (χ0v) is 16.3. The van der Waals surface area contributed by atoms with Crippen molar-refractivity contribution in [3.05, 3.63) is 53.6 Å². The quantitative estimate of drug-likeness (QED) is 0.722. The molecule has 0 fully saturated rings. The van der Waals surface area contributed by atoms with Crippen molar-refractivity contribution in [2.45, 2.75) is 16.7 Å². The molecule has 1 N–H and O–H groups in total. The van der Waals surface area contributed by atoms with Crippen molar-refractivity contribution in [2.75, 3.05) is 24.7 Å². The predicted molar refractivity (Wildman–Crippen MR) is 103 cm³/mol. The smallest absolute Gasteiger partial charge is 0.243 e. The highest BCUT2D eigenvalue weighted by Crippen LogP contribution is 2.20. The van der Waals surface area contributed by atoms with Gasteiger partial charge in [0.2, 0.25) is 15.9 Å². The molecule has 5 nitrogen and oxygen atoms in total. The summed E-state index contributed by atoms with van der Waals surface area (Å²) in [5.74, 6) is -0.391. The minimum absolute atomic E-state index is 0.107. The molecule has 0 radical (unpaired) electrons. The summed E-state index contributed by atoms with van der Waals surface area (Å²) < 4.78 is 26.5. The number of thioether (sulfide) groups is 1. The number of nitrogens with one attached hydrogen (secondary N) is 1. The molecule has 134 valence electrons. The molecule has 0 heterocycles. The van der Waals surface area contributed by atoms with Crippen LogP contribution in [0.1, 0.15) is 6.92 Å². The van der Waals surface area contributed by atoms with Crippen molar-refractivity contribution in [3.8, 4) is 0 Å². The number of hydrogen-bond acceptors (Lipinski definition) is 4. The van der Waals surface area contributed by atoms with E-state index in [2.05, 4.69) is 5.32 Å². The average Bonchev–Trinajstić information content (AvgIpc) is 2.60. The van der Waals surface area contributed by atoms with Crippen LogP contribution in [0.25, 0.3) is 0 Å². The van der Waals surface area contributed by atoms with Gasteiger partial charge in [0.1, 0.15) is 0 Å². The second-order valence-electron chi connectivity index (χ2n) is 5.17. The first-order valence-corrected chi connectivity index (χ1v) is 10.6. The molecule has 0 bridgehead atoms. The van der Waals surface area contributed by atoms with E-state index in [4.69, 9.17) is 11.6 Å². The summed E-state index contributed by atoms with van der Waals surface area (Å²) in [6.45, 7) is 1.61. The summed E-state index contributed by atoms with van der Waals surface area (Å²) in [4.78, 5) is 13.4. The summed E-state index contributed by atoms with van der Waals surface area (Å²) in [6, 6.07) is 13.3. The average molecular weight is 399 g/mol. The number of amides is 1. The lowest BCUT2D eigenvalue weighted by Crippen LogP contribution is -2.37. The van der Waals surface area contributed by atoms with Gasteiger partial charge < -0.3 is 5.32 Å². The highest BCUT2D eigenvalue weighted by molar-refractivity contribution is 7.98. The van der Waals surface area contributed by atoms with E-state index in [-0.39, 0.29) is 18.0 Å². The van der Waals surface area contributed by atoms with Crippen LogP contribution in [0, 0.1) is 0 Å². The fraction of sp³-hybridized carbons (Fsp3) is 0.235. The number of hydrogen-bond donors (Lipinski definition) is 1. The minimum Gasteiger partial charge on any atom is -0.325 e. The zero-order valence-electron chi connectivity index (χ0n) is 13.9. The lowest BCUT2D eigenvalue weighted by atomic mass is 10.3. The molecule has 1 amide bonds. The molecule has 0 aliphatic rings. The summed E-state index contributed by atoms with van der Waals surface area (Å²) in [5, 5.41) is 3.19. The van der Waals surface area contributed by atoms with Crippen molar-refractivity contribution in [2.24, 2.45) is 0 Å². The van der Waals surface area contributed by atoms with E-state index in [0.717, 1.165) is 9.20 Å². The van der Waals surface area contributed by atoms with Crippen molar-refractivity contribution in [1.29, 1.82) is 0 Å². The largest absolute Gasteiger partial charge is 0.325 e. The number of rotatable bonds is 7. The highest BCUT2D eigenvalue weighted by Gasteiger charge is 2.25. The van der Waals surface area contributed by atoms with E-state index in [1.807, 2.05) is 24.5 Å². The van der Waals surface area contributed by atoms with E-state index >= 15 is 0 Å². The molecule has 0 unspecified atom stereocenters. The van der Waals surface area contributed by atoms with Crippen LogP contribution in [-0.2, 0) is 14.8 Å². The molecule has 8 heteroatoms. The van der Waals surface area contributed by atoms with E-state index in [1.165, 1.54) is 24.3 Å². The maximum atomic E-state index is 12.7. The summed E-state index contributed by atoms with van der Waals surface area (Å²) in [6.07, 6.45) is 1.94. The number of sulfonamides is 1. The van der Waals surface area contributed by atoms with E-state index in [0.29, 0.717) is 10.7 Å². The Kier molecular flexibility index (Phi) is 6.89. The van der Waals surface area contributed by atoms with Crippen LogP contribution in [0.15, 0.2) is 58.3 Å². The monoisotopic (exact) mass is 398 g/mol. The molecule has 2 aromatic rings. The first kappa shape index (κ1) is 19.8.